The molecule has 0 heterocycles. The van der Waals surface area contributed by atoms with Crippen LogP contribution in [0, 0.1) is 17.8 Å². The maximum Gasteiger partial charge on any atom is 0.330 e. The minimum atomic E-state index is -1.02. The number of allylic oxidation sites excluding steroid dienone is 3. The number of carbonyl (C=O) groups is 4. The minimum Gasteiger partial charge on any atom is -0.481 e. The topological polar surface area (TPSA) is 173 Å². The van der Waals surface area contributed by atoms with Crippen LogP contribution in [0.1, 0.15) is 65.7 Å². The molecule has 6 atom stereocenters. The summed E-state index contributed by atoms with van der Waals surface area (Å²) in [6.45, 7) is 5.10. The molecule has 5 N–H and O–H groups in total. The predicted molar refractivity (Wildman–Crippen MR) is 143 cm³/mol. The summed E-state index contributed by atoms with van der Waals surface area (Å²) in [6.07, 6.45) is 7.60. The molecule has 0 saturated heterocycles. The van der Waals surface area contributed by atoms with Gasteiger partial charge in [0.05, 0.1) is 19.3 Å². The van der Waals surface area contributed by atoms with Crippen LogP contribution in [0.3, 0.4) is 0 Å². The fourth-order valence-electron chi connectivity index (χ4n) is 4.09. The lowest BCUT2D eigenvalue weighted by molar-refractivity contribution is -0.138. The Morgan fingerprint density at radius 3 is 2.18 bits per heavy atom. The largest absolute Gasteiger partial charge is 0.481 e. The number of aliphatic carboxylic acids is 1. The van der Waals surface area contributed by atoms with Gasteiger partial charge in [-0.25, -0.2) is 4.79 Å². The third-order valence-electron chi connectivity index (χ3n) is 6.40. The van der Waals surface area contributed by atoms with Crippen LogP contribution in [0.5, 0.6) is 0 Å². The van der Waals surface area contributed by atoms with Gasteiger partial charge in [0.25, 0.3) is 0 Å². The van der Waals surface area contributed by atoms with Crippen LogP contribution in [0.15, 0.2) is 36.0 Å². The molecule has 0 radical (unpaired) electrons. The highest BCUT2D eigenvalue weighted by atomic mass is 16.5. The van der Waals surface area contributed by atoms with Crippen molar-refractivity contribution in [1.29, 1.82) is 0 Å². The first-order valence-electron chi connectivity index (χ1n) is 12.8. The summed E-state index contributed by atoms with van der Waals surface area (Å²) in [5.74, 6) is -3.57. The molecule has 216 valence electrons. The zero-order valence-corrected chi connectivity index (χ0v) is 23.2. The Morgan fingerprint density at radius 1 is 1.00 bits per heavy atom. The standard InChI is InChI=1S/C28H45NO9/c1-18(22(30)12-10-11-21(16-24(29)31)17-25(32)33)15-19(2)27(35)20(3)28(36)23(37-4)13-8-6-7-9-14-26(34)38-5/h8-9,13-15,18,20-21,23,27-28,35-36H,6-7,10-12,16-17H2,1-5H3,(H2,29,31)(H,32,33)/b13-8+,14-9+,19-15+. The molecular formula is C28H45NO9. The monoisotopic (exact) mass is 539 g/mol. The van der Waals surface area contributed by atoms with Crippen LogP contribution in [0.2, 0.25) is 0 Å². The number of methoxy groups -OCH3 is 2. The second kappa shape index (κ2) is 19.3. The number of nitrogens with two attached hydrogens (primary N) is 1. The molecule has 0 aliphatic carbocycles. The van der Waals surface area contributed by atoms with Crippen LogP contribution in [0.25, 0.3) is 0 Å². The van der Waals surface area contributed by atoms with Crippen molar-refractivity contribution in [2.45, 2.75) is 84.0 Å². The lowest BCUT2D eigenvalue weighted by Crippen LogP contribution is -2.39. The molecule has 0 rings (SSSR count). The quantitative estimate of drug-likeness (QED) is 0.0785. The van der Waals surface area contributed by atoms with Gasteiger partial charge in [-0.1, -0.05) is 38.2 Å². The van der Waals surface area contributed by atoms with Crippen LogP contribution in [-0.2, 0) is 28.7 Å². The number of carbonyl (C=O) groups excluding carboxylic acids is 3. The van der Waals surface area contributed by atoms with Crippen LogP contribution in [-0.4, -0.2) is 71.5 Å². The first-order chi connectivity index (χ1) is 17.8. The third-order valence-corrected chi connectivity index (χ3v) is 6.40. The normalized spacial score (nSPS) is 17.1. The van der Waals surface area contributed by atoms with E-state index in [4.69, 9.17) is 15.6 Å². The Kier molecular flexibility index (Phi) is 17.8. The molecule has 0 saturated carbocycles. The molecule has 0 aliphatic rings. The van der Waals surface area contributed by atoms with Gasteiger partial charge < -0.3 is 30.5 Å². The van der Waals surface area contributed by atoms with Crippen LogP contribution in [0.4, 0.5) is 0 Å². The number of aliphatic hydroxyl groups is 2. The average molecular weight is 540 g/mol. The third kappa shape index (κ3) is 14.8. The number of ether oxygens (including phenoxy) is 2. The number of carboxylic acids is 1. The number of unbranched alkanes of at least 4 members (excludes halogenated alkanes) is 1. The number of primary amides is 1. The Bertz CT molecular complexity index is 833. The fraction of sp³-hybridized carbons (Fsp3) is 0.643. The van der Waals surface area contributed by atoms with E-state index in [-0.39, 0.29) is 25.0 Å². The van der Waals surface area contributed by atoms with E-state index in [0.29, 0.717) is 31.3 Å². The molecule has 0 aromatic heterocycles. The Morgan fingerprint density at radius 2 is 1.63 bits per heavy atom. The van der Waals surface area contributed by atoms with Crippen molar-refractivity contribution in [2.75, 3.05) is 14.2 Å². The summed E-state index contributed by atoms with van der Waals surface area (Å²) in [6, 6.07) is 0. The van der Waals surface area contributed by atoms with Gasteiger partial charge in [-0.05, 0) is 44.1 Å². The Balaban J connectivity index is 4.91. The minimum absolute atomic E-state index is 0.0361. The van der Waals surface area contributed by atoms with Crippen molar-refractivity contribution < 1.29 is 44.0 Å². The summed E-state index contributed by atoms with van der Waals surface area (Å²) in [4.78, 5) is 45.8. The average Bonchev–Trinajstić information content (AvgIpc) is 2.85. The van der Waals surface area contributed by atoms with Gasteiger partial charge in [-0.15, -0.1) is 0 Å². The summed E-state index contributed by atoms with van der Waals surface area (Å²) >= 11 is 0. The Labute approximate surface area is 225 Å². The van der Waals surface area contributed by atoms with E-state index in [0.717, 1.165) is 0 Å². The lowest BCUT2D eigenvalue weighted by Gasteiger charge is -2.29. The molecule has 10 nitrogen and oxygen atoms in total. The molecule has 0 aromatic rings. The number of rotatable bonds is 20. The maximum absolute atomic E-state index is 12.6. The number of hydrogen-bond acceptors (Lipinski definition) is 8. The van der Waals surface area contributed by atoms with Crippen molar-refractivity contribution in [3.05, 3.63) is 36.0 Å². The smallest absolute Gasteiger partial charge is 0.330 e. The van der Waals surface area contributed by atoms with Gasteiger partial charge in [-0.3, -0.25) is 14.4 Å². The van der Waals surface area contributed by atoms with Gasteiger partial charge >= 0.3 is 11.9 Å². The number of hydrogen-bond donors (Lipinski definition) is 4. The number of carboxylic acid groups (broad SMARTS) is 1. The van der Waals surface area contributed by atoms with E-state index >= 15 is 0 Å². The van der Waals surface area contributed by atoms with E-state index in [1.165, 1.54) is 20.3 Å². The van der Waals surface area contributed by atoms with Crippen molar-refractivity contribution in [2.24, 2.45) is 23.5 Å². The maximum atomic E-state index is 12.6. The summed E-state index contributed by atoms with van der Waals surface area (Å²) in [5, 5.41) is 30.5. The number of aliphatic hydroxyl groups excluding tert-OH is 2. The van der Waals surface area contributed by atoms with Crippen molar-refractivity contribution in [3.8, 4) is 0 Å². The molecule has 0 bridgehead atoms. The van der Waals surface area contributed by atoms with Crippen molar-refractivity contribution in [3.63, 3.8) is 0 Å². The van der Waals surface area contributed by atoms with E-state index in [9.17, 15) is 29.4 Å². The predicted octanol–water partition coefficient (Wildman–Crippen LogP) is 2.71. The first-order valence-corrected chi connectivity index (χ1v) is 12.8. The molecule has 10 heteroatoms. The molecule has 0 fully saturated rings. The number of ketones is 1. The number of esters is 1. The van der Waals surface area contributed by atoms with Crippen LogP contribution >= 0.6 is 0 Å². The highest BCUT2D eigenvalue weighted by Gasteiger charge is 2.29. The molecule has 0 aliphatic heterocycles. The fourth-order valence-corrected chi connectivity index (χ4v) is 4.09. The van der Waals surface area contributed by atoms with Crippen LogP contribution < -0.4 is 5.73 Å². The van der Waals surface area contributed by atoms with Crippen molar-refractivity contribution >= 4 is 23.6 Å². The summed E-state index contributed by atoms with van der Waals surface area (Å²) in [7, 11) is 2.77. The molecular weight excluding hydrogens is 494 g/mol. The number of Topliss-reactive ketones (excluding diaryl/α,β-unsaturated/α-hetero) is 1. The highest BCUT2D eigenvalue weighted by molar-refractivity contribution is 5.82. The second-order valence-electron chi connectivity index (χ2n) is 9.62. The zero-order valence-electron chi connectivity index (χ0n) is 23.2. The molecule has 6 unspecified atom stereocenters. The van der Waals surface area contributed by atoms with E-state index in [2.05, 4.69) is 4.74 Å². The SMILES string of the molecule is COC(=O)/C=C/CC/C=C/C(OC)C(O)C(C)C(O)/C(C)=C/C(C)C(=O)CCCC(CC(N)=O)CC(=O)O. The molecule has 0 aromatic carbocycles. The van der Waals surface area contributed by atoms with Gasteiger partial charge in [0, 0.05) is 44.3 Å². The summed E-state index contributed by atoms with van der Waals surface area (Å²) < 4.78 is 9.90. The van der Waals surface area contributed by atoms with E-state index in [1.54, 1.807) is 39.0 Å². The molecule has 0 spiro atoms. The number of amides is 1. The van der Waals surface area contributed by atoms with Gasteiger partial charge in [0.2, 0.25) is 5.91 Å². The lowest BCUT2D eigenvalue weighted by atomic mass is 9.87. The molecule has 38 heavy (non-hydrogen) atoms. The first kappa shape index (κ1) is 35.2. The van der Waals surface area contributed by atoms with Crippen molar-refractivity contribution in [1.82, 2.24) is 0 Å². The molecule has 1 amide bonds. The summed E-state index contributed by atoms with van der Waals surface area (Å²) in [5.41, 5.74) is 5.73. The second-order valence-corrected chi connectivity index (χ2v) is 9.62. The van der Waals surface area contributed by atoms with E-state index in [1.807, 2.05) is 6.08 Å². The zero-order chi connectivity index (χ0) is 29.3. The van der Waals surface area contributed by atoms with Gasteiger partial charge in [0.1, 0.15) is 11.9 Å². The Hall–Kier alpha value is -2.82. The van der Waals surface area contributed by atoms with E-state index < -0.39 is 53.9 Å². The van der Waals surface area contributed by atoms with Gasteiger partial charge in [-0.2, -0.15) is 0 Å². The van der Waals surface area contributed by atoms with Gasteiger partial charge in [0.15, 0.2) is 0 Å². The highest BCUT2D eigenvalue weighted by Crippen LogP contribution is 2.23.